The number of ether oxygens (including phenoxy) is 1. The highest BCUT2D eigenvalue weighted by atomic mass is 32.1. The normalized spacial score (nSPS) is 18.6. The number of rotatable bonds is 5. The van der Waals surface area contributed by atoms with Gasteiger partial charge in [0, 0.05) is 16.2 Å². The van der Waals surface area contributed by atoms with Crippen LogP contribution in [0.3, 0.4) is 0 Å². The Labute approximate surface area is 124 Å². The van der Waals surface area contributed by atoms with Crippen LogP contribution >= 0.6 is 11.3 Å². The summed E-state index contributed by atoms with van der Waals surface area (Å²) in [5.41, 5.74) is 1.33. The van der Waals surface area contributed by atoms with Crippen LogP contribution in [0, 0.1) is 6.92 Å². The minimum Gasteiger partial charge on any atom is -0.488 e. The number of benzene rings is 1. The predicted octanol–water partition coefficient (Wildman–Crippen LogP) is 4.10. The molecule has 0 saturated heterocycles. The molecular formula is C17H21NOS. The van der Waals surface area contributed by atoms with E-state index < -0.39 is 0 Å². The topological polar surface area (TPSA) is 21.3 Å². The zero-order valence-corrected chi connectivity index (χ0v) is 12.9. The Morgan fingerprint density at radius 2 is 2.15 bits per heavy atom. The van der Waals surface area contributed by atoms with Crippen LogP contribution in [0.25, 0.3) is 0 Å². The zero-order valence-electron chi connectivity index (χ0n) is 12.1. The van der Waals surface area contributed by atoms with Gasteiger partial charge < -0.3 is 10.1 Å². The monoisotopic (exact) mass is 287 g/mol. The second-order valence-corrected chi connectivity index (χ2v) is 6.67. The molecule has 2 unspecified atom stereocenters. The molecule has 20 heavy (non-hydrogen) atoms. The molecule has 0 aliphatic carbocycles. The van der Waals surface area contributed by atoms with Crippen molar-refractivity contribution >= 4 is 11.3 Å². The van der Waals surface area contributed by atoms with Gasteiger partial charge in [0.15, 0.2) is 0 Å². The van der Waals surface area contributed by atoms with Crippen LogP contribution in [-0.4, -0.2) is 12.6 Å². The molecule has 0 amide bonds. The number of aryl methyl sites for hydroxylation is 1. The van der Waals surface area contributed by atoms with E-state index in [1.807, 2.05) is 17.4 Å². The van der Waals surface area contributed by atoms with E-state index in [0.29, 0.717) is 6.04 Å². The number of para-hydroxylation sites is 1. The van der Waals surface area contributed by atoms with Gasteiger partial charge in [0.1, 0.15) is 11.9 Å². The lowest BCUT2D eigenvalue weighted by atomic mass is 10.0. The Morgan fingerprint density at radius 1 is 1.30 bits per heavy atom. The van der Waals surface area contributed by atoms with Gasteiger partial charge in [-0.1, -0.05) is 25.1 Å². The Balaban J connectivity index is 1.81. The lowest BCUT2D eigenvalue weighted by molar-refractivity contribution is 0.180. The quantitative estimate of drug-likeness (QED) is 0.894. The molecule has 2 atom stereocenters. The average Bonchev–Trinajstić information content (AvgIpc) is 3.05. The van der Waals surface area contributed by atoms with E-state index in [1.165, 1.54) is 15.3 Å². The van der Waals surface area contributed by atoms with Crippen LogP contribution in [0.2, 0.25) is 0 Å². The molecule has 2 heterocycles. The summed E-state index contributed by atoms with van der Waals surface area (Å²) in [6.07, 6.45) is 2.34. The van der Waals surface area contributed by atoms with Crippen molar-refractivity contribution < 1.29 is 4.74 Å². The molecule has 0 radical (unpaired) electrons. The maximum atomic E-state index is 6.17. The first-order valence-electron chi connectivity index (χ1n) is 7.32. The van der Waals surface area contributed by atoms with E-state index in [4.69, 9.17) is 4.74 Å². The van der Waals surface area contributed by atoms with E-state index in [0.717, 1.165) is 25.1 Å². The molecule has 2 nitrogen and oxygen atoms in total. The number of nitrogens with one attached hydrogen (secondary N) is 1. The molecule has 1 aromatic carbocycles. The minimum absolute atomic E-state index is 0.206. The number of fused-ring (bicyclic) bond motifs is 1. The van der Waals surface area contributed by atoms with E-state index in [-0.39, 0.29) is 6.10 Å². The predicted molar refractivity (Wildman–Crippen MR) is 84.7 cm³/mol. The van der Waals surface area contributed by atoms with Crippen molar-refractivity contribution in [1.82, 2.24) is 5.32 Å². The van der Waals surface area contributed by atoms with Crippen LogP contribution < -0.4 is 10.1 Å². The van der Waals surface area contributed by atoms with Gasteiger partial charge in [-0.2, -0.15) is 0 Å². The molecule has 1 aliphatic rings. The van der Waals surface area contributed by atoms with Gasteiger partial charge in [0.25, 0.3) is 0 Å². The van der Waals surface area contributed by atoms with Crippen LogP contribution in [-0.2, 0) is 6.42 Å². The van der Waals surface area contributed by atoms with Crippen molar-refractivity contribution in [3.63, 3.8) is 0 Å². The first-order chi connectivity index (χ1) is 9.78. The Morgan fingerprint density at radius 3 is 2.85 bits per heavy atom. The highest BCUT2D eigenvalue weighted by Crippen LogP contribution is 2.36. The van der Waals surface area contributed by atoms with Gasteiger partial charge in [0.2, 0.25) is 0 Å². The minimum atomic E-state index is 0.206. The lowest BCUT2D eigenvalue weighted by Gasteiger charge is -2.23. The fourth-order valence-corrected chi connectivity index (χ4v) is 3.74. The summed E-state index contributed by atoms with van der Waals surface area (Å²) in [7, 11) is 0. The van der Waals surface area contributed by atoms with Crippen molar-refractivity contribution in [2.45, 2.75) is 38.8 Å². The maximum absolute atomic E-state index is 6.17. The van der Waals surface area contributed by atoms with Crippen molar-refractivity contribution in [3.05, 3.63) is 51.7 Å². The molecule has 0 bridgehead atoms. The summed E-state index contributed by atoms with van der Waals surface area (Å²) in [6, 6.07) is 13.1. The molecule has 1 aliphatic heterocycles. The zero-order chi connectivity index (χ0) is 13.9. The lowest BCUT2D eigenvalue weighted by Crippen LogP contribution is -2.34. The van der Waals surface area contributed by atoms with E-state index in [9.17, 15) is 0 Å². The van der Waals surface area contributed by atoms with Crippen molar-refractivity contribution in [2.24, 2.45) is 0 Å². The largest absolute Gasteiger partial charge is 0.488 e. The van der Waals surface area contributed by atoms with Crippen LogP contribution in [0.15, 0.2) is 36.4 Å². The van der Waals surface area contributed by atoms with Gasteiger partial charge >= 0.3 is 0 Å². The standard InChI is InChI=1S/C17H21NOS/c1-3-10-18-17(16-9-8-12(2)20-16)15-11-13-6-4-5-7-14(13)19-15/h4-9,15,17-18H,3,10-11H2,1-2H3. The highest BCUT2D eigenvalue weighted by Gasteiger charge is 2.31. The third-order valence-corrected chi connectivity index (χ3v) is 4.81. The third kappa shape index (κ3) is 2.74. The summed E-state index contributed by atoms with van der Waals surface area (Å²) >= 11 is 1.87. The molecule has 0 spiro atoms. The molecule has 1 aromatic heterocycles. The molecule has 106 valence electrons. The molecule has 0 fully saturated rings. The van der Waals surface area contributed by atoms with Crippen LogP contribution in [0.5, 0.6) is 5.75 Å². The fourth-order valence-electron chi connectivity index (χ4n) is 2.73. The number of thiophene rings is 1. The summed E-state index contributed by atoms with van der Waals surface area (Å²) in [5, 5.41) is 3.66. The van der Waals surface area contributed by atoms with Crippen LogP contribution in [0.4, 0.5) is 0 Å². The third-order valence-electron chi connectivity index (χ3n) is 3.73. The summed E-state index contributed by atoms with van der Waals surface area (Å²) < 4.78 is 6.17. The molecule has 3 rings (SSSR count). The Kier molecular flexibility index (Phi) is 4.08. The van der Waals surface area contributed by atoms with E-state index in [1.54, 1.807) is 0 Å². The first-order valence-corrected chi connectivity index (χ1v) is 8.14. The van der Waals surface area contributed by atoms with Gasteiger partial charge in [-0.25, -0.2) is 0 Å². The second kappa shape index (κ2) is 5.98. The summed E-state index contributed by atoms with van der Waals surface area (Å²) in [5.74, 6) is 1.05. The summed E-state index contributed by atoms with van der Waals surface area (Å²) in [6.45, 7) is 5.39. The Hall–Kier alpha value is -1.32. The fraction of sp³-hybridized carbons (Fsp3) is 0.412. The molecule has 1 N–H and O–H groups in total. The molecule has 3 heteroatoms. The molecule has 2 aromatic rings. The number of hydrogen-bond donors (Lipinski definition) is 1. The van der Waals surface area contributed by atoms with Crippen LogP contribution in [0.1, 0.15) is 34.7 Å². The maximum Gasteiger partial charge on any atom is 0.123 e. The van der Waals surface area contributed by atoms with E-state index >= 15 is 0 Å². The van der Waals surface area contributed by atoms with Gasteiger partial charge in [-0.05, 0) is 43.7 Å². The van der Waals surface area contributed by atoms with Gasteiger partial charge in [0.05, 0.1) is 6.04 Å². The van der Waals surface area contributed by atoms with E-state index in [2.05, 4.69) is 49.5 Å². The Bertz CT molecular complexity index is 553. The summed E-state index contributed by atoms with van der Waals surface area (Å²) in [4.78, 5) is 2.74. The van der Waals surface area contributed by atoms with Gasteiger partial charge in [-0.15, -0.1) is 11.3 Å². The average molecular weight is 287 g/mol. The van der Waals surface area contributed by atoms with Gasteiger partial charge in [-0.3, -0.25) is 0 Å². The van der Waals surface area contributed by atoms with Crippen molar-refractivity contribution in [3.8, 4) is 5.75 Å². The highest BCUT2D eigenvalue weighted by molar-refractivity contribution is 7.12. The molecule has 0 saturated carbocycles. The second-order valence-electron chi connectivity index (χ2n) is 5.35. The van der Waals surface area contributed by atoms with Crippen molar-refractivity contribution in [1.29, 1.82) is 0 Å². The SMILES string of the molecule is CCCNC(c1ccc(C)s1)C1Cc2ccccc2O1. The smallest absolute Gasteiger partial charge is 0.123 e. The number of hydrogen-bond acceptors (Lipinski definition) is 3. The van der Waals surface area contributed by atoms with Crippen molar-refractivity contribution in [2.75, 3.05) is 6.54 Å². The molecular weight excluding hydrogens is 266 g/mol. The first kappa shape index (κ1) is 13.7.